The summed E-state index contributed by atoms with van der Waals surface area (Å²) in [6, 6.07) is 3.55. The summed E-state index contributed by atoms with van der Waals surface area (Å²) >= 11 is 0. The number of nitrogens with zero attached hydrogens (tertiary/aromatic N) is 2. The highest BCUT2D eigenvalue weighted by Gasteiger charge is 2.27. The van der Waals surface area contributed by atoms with Crippen molar-refractivity contribution >= 4 is 22.6 Å². The standard InChI is InChI=1S/C20H26N4O4/c1-11-14-3-4-17(22-15-6-8-28-10-16(15)26)23-19(14)24(13-5-7-21-9-13)20(27)18(11)12(2)25/h3-4,13,15-16,21,26H,5-10H2,1-2H3,(H,22,23)/t13-,15+,16+/m0/s1. The van der Waals surface area contributed by atoms with Gasteiger partial charge in [0.05, 0.1) is 30.4 Å². The summed E-state index contributed by atoms with van der Waals surface area (Å²) in [7, 11) is 0. The molecule has 2 aliphatic heterocycles. The number of carbonyl (C=O) groups excluding carboxylic acids is 1. The first kappa shape index (κ1) is 19.0. The average Bonchev–Trinajstić information content (AvgIpc) is 3.17. The molecule has 0 radical (unpaired) electrons. The minimum Gasteiger partial charge on any atom is -0.389 e. The molecule has 0 unspecified atom stereocenters. The molecule has 2 aromatic rings. The summed E-state index contributed by atoms with van der Waals surface area (Å²) < 4.78 is 6.95. The van der Waals surface area contributed by atoms with E-state index < -0.39 is 6.10 Å². The first-order chi connectivity index (χ1) is 13.5. The van der Waals surface area contributed by atoms with Crippen molar-refractivity contribution in [2.75, 3.05) is 31.6 Å². The van der Waals surface area contributed by atoms with Gasteiger partial charge in [0.15, 0.2) is 5.78 Å². The van der Waals surface area contributed by atoms with E-state index in [1.807, 2.05) is 12.1 Å². The summed E-state index contributed by atoms with van der Waals surface area (Å²) in [5.41, 5.74) is 1.20. The average molecular weight is 386 g/mol. The third kappa shape index (κ3) is 3.32. The summed E-state index contributed by atoms with van der Waals surface area (Å²) in [4.78, 5) is 30.1. The zero-order chi connectivity index (χ0) is 19.8. The van der Waals surface area contributed by atoms with Gasteiger partial charge in [-0.05, 0) is 50.9 Å². The van der Waals surface area contributed by atoms with Crippen molar-refractivity contribution in [3.05, 3.63) is 33.6 Å². The van der Waals surface area contributed by atoms with E-state index in [1.165, 1.54) is 6.92 Å². The maximum atomic E-state index is 13.2. The number of hydrogen-bond donors (Lipinski definition) is 3. The molecule has 0 bridgehead atoms. The van der Waals surface area contributed by atoms with Crippen LogP contribution in [-0.4, -0.2) is 58.9 Å². The molecular formula is C20H26N4O4. The Hall–Kier alpha value is -2.29. The van der Waals surface area contributed by atoms with E-state index in [1.54, 1.807) is 11.5 Å². The van der Waals surface area contributed by atoms with Gasteiger partial charge in [0.1, 0.15) is 11.5 Å². The molecule has 0 aromatic carbocycles. The largest absolute Gasteiger partial charge is 0.389 e. The van der Waals surface area contributed by atoms with E-state index in [4.69, 9.17) is 9.72 Å². The number of aliphatic hydroxyl groups is 1. The minimum atomic E-state index is -0.603. The highest BCUT2D eigenvalue weighted by atomic mass is 16.5. The van der Waals surface area contributed by atoms with Crippen LogP contribution in [0.15, 0.2) is 16.9 Å². The molecule has 150 valence electrons. The second-order valence-corrected chi connectivity index (χ2v) is 7.63. The Morgan fingerprint density at radius 2 is 2.21 bits per heavy atom. The number of pyridine rings is 2. The number of ether oxygens (including phenoxy) is 1. The van der Waals surface area contributed by atoms with Crippen molar-refractivity contribution in [2.24, 2.45) is 0 Å². The topological polar surface area (TPSA) is 105 Å². The molecule has 4 heterocycles. The first-order valence-corrected chi connectivity index (χ1v) is 9.77. The summed E-state index contributed by atoms with van der Waals surface area (Å²) in [5.74, 6) is 0.379. The number of aromatic nitrogens is 2. The normalized spacial score (nSPS) is 25.2. The molecular weight excluding hydrogens is 360 g/mol. The van der Waals surface area contributed by atoms with Crippen LogP contribution < -0.4 is 16.2 Å². The van der Waals surface area contributed by atoms with Crippen molar-refractivity contribution in [1.82, 2.24) is 14.9 Å². The van der Waals surface area contributed by atoms with E-state index in [2.05, 4.69) is 10.6 Å². The van der Waals surface area contributed by atoms with Gasteiger partial charge in [-0.15, -0.1) is 0 Å². The predicted molar refractivity (Wildman–Crippen MR) is 106 cm³/mol. The number of ketones is 1. The highest BCUT2D eigenvalue weighted by Crippen LogP contribution is 2.26. The van der Waals surface area contributed by atoms with E-state index in [9.17, 15) is 14.7 Å². The molecule has 2 aromatic heterocycles. The number of aliphatic hydroxyl groups excluding tert-OH is 1. The van der Waals surface area contributed by atoms with Crippen molar-refractivity contribution in [1.29, 1.82) is 0 Å². The van der Waals surface area contributed by atoms with Gasteiger partial charge in [0.25, 0.3) is 5.56 Å². The lowest BCUT2D eigenvalue weighted by molar-refractivity contribution is -0.0135. The van der Waals surface area contributed by atoms with Crippen LogP contribution in [0, 0.1) is 6.92 Å². The van der Waals surface area contributed by atoms with Gasteiger partial charge in [0, 0.05) is 18.5 Å². The van der Waals surface area contributed by atoms with Gasteiger partial charge in [-0.2, -0.15) is 0 Å². The fourth-order valence-electron chi connectivity index (χ4n) is 4.21. The fraction of sp³-hybridized carbons (Fsp3) is 0.550. The van der Waals surface area contributed by atoms with Crippen LogP contribution in [0.1, 0.15) is 41.7 Å². The van der Waals surface area contributed by atoms with Crippen molar-refractivity contribution in [3.63, 3.8) is 0 Å². The van der Waals surface area contributed by atoms with Gasteiger partial charge in [-0.1, -0.05) is 0 Å². The number of hydrogen-bond acceptors (Lipinski definition) is 7. The maximum Gasteiger partial charge on any atom is 0.263 e. The number of rotatable bonds is 4. The Kier molecular flexibility index (Phi) is 5.18. The molecule has 3 N–H and O–H groups in total. The fourth-order valence-corrected chi connectivity index (χ4v) is 4.21. The lowest BCUT2D eigenvalue weighted by Gasteiger charge is -2.29. The molecule has 0 aliphatic carbocycles. The van der Waals surface area contributed by atoms with Crippen LogP contribution in [0.25, 0.3) is 11.0 Å². The summed E-state index contributed by atoms with van der Waals surface area (Å²) in [6.07, 6.45) is 0.893. The van der Waals surface area contributed by atoms with E-state index in [0.29, 0.717) is 43.2 Å². The molecule has 0 saturated carbocycles. The molecule has 2 aliphatic rings. The summed E-state index contributed by atoms with van der Waals surface area (Å²) in [6.45, 7) is 5.62. The highest BCUT2D eigenvalue weighted by molar-refractivity contribution is 5.99. The Bertz CT molecular complexity index is 965. The maximum absolute atomic E-state index is 13.2. The Labute approximate surface area is 162 Å². The second kappa shape index (κ2) is 7.62. The molecule has 0 amide bonds. The van der Waals surface area contributed by atoms with Crippen LogP contribution >= 0.6 is 0 Å². The van der Waals surface area contributed by atoms with E-state index in [0.717, 1.165) is 18.4 Å². The van der Waals surface area contributed by atoms with Gasteiger partial charge in [-0.25, -0.2) is 4.98 Å². The lowest BCUT2D eigenvalue weighted by Crippen LogP contribution is -2.42. The molecule has 0 spiro atoms. The Morgan fingerprint density at radius 1 is 1.39 bits per heavy atom. The van der Waals surface area contributed by atoms with Crippen LogP contribution in [0.2, 0.25) is 0 Å². The van der Waals surface area contributed by atoms with Gasteiger partial charge >= 0.3 is 0 Å². The molecule has 8 heteroatoms. The van der Waals surface area contributed by atoms with Gasteiger partial charge in [0.2, 0.25) is 0 Å². The first-order valence-electron chi connectivity index (χ1n) is 9.77. The van der Waals surface area contributed by atoms with Crippen LogP contribution in [-0.2, 0) is 4.74 Å². The quantitative estimate of drug-likeness (QED) is 0.673. The molecule has 2 fully saturated rings. The van der Waals surface area contributed by atoms with Crippen LogP contribution in [0.4, 0.5) is 5.82 Å². The second-order valence-electron chi connectivity index (χ2n) is 7.63. The minimum absolute atomic E-state index is 0.0369. The van der Waals surface area contributed by atoms with Crippen molar-refractivity contribution < 1.29 is 14.6 Å². The Balaban J connectivity index is 1.84. The number of anilines is 1. The predicted octanol–water partition coefficient (Wildman–Crippen LogP) is 1.00. The SMILES string of the molecule is CC(=O)c1c(C)c2ccc(N[C@@H]3CCOC[C@H]3O)nc2n([C@H]2CCNC2)c1=O. The van der Waals surface area contributed by atoms with Gasteiger partial charge < -0.3 is 20.5 Å². The lowest BCUT2D eigenvalue weighted by atomic mass is 10.0. The number of carbonyl (C=O) groups is 1. The van der Waals surface area contributed by atoms with Crippen LogP contribution in [0.3, 0.4) is 0 Å². The van der Waals surface area contributed by atoms with Gasteiger partial charge in [-0.3, -0.25) is 14.2 Å². The zero-order valence-electron chi connectivity index (χ0n) is 16.2. The van der Waals surface area contributed by atoms with Crippen molar-refractivity contribution in [3.8, 4) is 0 Å². The molecule has 4 rings (SSSR count). The molecule has 28 heavy (non-hydrogen) atoms. The number of fused-ring (bicyclic) bond motifs is 1. The monoisotopic (exact) mass is 386 g/mol. The summed E-state index contributed by atoms with van der Waals surface area (Å²) in [5, 5.41) is 17.5. The number of nitrogens with one attached hydrogen (secondary N) is 2. The van der Waals surface area contributed by atoms with E-state index >= 15 is 0 Å². The number of aryl methyl sites for hydroxylation is 1. The van der Waals surface area contributed by atoms with E-state index in [-0.39, 0.29) is 29.0 Å². The third-order valence-electron chi connectivity index (χ3n) is 5.73. The Morgan fingerprint density at radius 3 is 2.89 bits per heavy atom. The number of Topliss-reactive ketones (excluding diaryl/α,β-unsaturated/α-hetero) is 1. The third-order valence-corrected chi connectivity index (χ3v) is 5.73. The van der Waals surface area contributed by atoms with Crippen LogP contribution in [0.5, 0.6) is 0 Å². The molecule has 8 nitrogen and oxygen atoms in total. The smallest absolute Gasteiger partial charge is 0.263 e. The zero-order valence-corrected chi connectivity index (χ0v) is 16.2. The van der Waals surface area contributed by atoms with Crippen molar-refractivity contribution in [2.45, 2.75) is 44.9 Å². The molecule has 3 atom stereocenters. The molecule has 2 saturated heterocycles.